The Bertz CT molecular complexity index is 557. The van der Waals surface area contributed by atoms with Gasteiger partial charge in [0.15, 0.2) is 0 Å². The van der Waals surface area contributed by atoms with Crippen LogP contribution in [0.1, 0.15) is 12.5 Å². The van der Waals surface area contributed by atoms with Crippen LogP contribution in [0.25, 0.3) is 6.08 Å². The van der Waals surface area contributed by atoms with Gasteiger partial charge in [-0.2, -0.15) is 0 Å². The predicted molar refractivity (Wildman–Crippen MR) is 81.4 cm³/mol. The van der Waals surface area contributed by atoms with Crippen LogP contribution in [0.3, 0.4) is 0 Å². The van der Waals surface area contributed by atoms with Gasteiger partial charge in [0.05, 0.1) is 26.1 Å². The first-order valence-corrected chi connectivity index (χ1v) is 6.38. The van der Waals surface area contributed by atoms with Crippen molar-refractivity contribution in [3.8, 4) is 0 Å². The lowest BCUT2D eigenvalue weighted by Crippen LogP contribution is -2.06. The van der Waals surface area contributed by atoms with E-state index in [0.717, 1.165) is 11.1 Å². The molecule has 0 fully saturated rings. The summed E-state index contributed by atoms with van der Waals surface area (Å²) in [5, 5.41) is 0.683. The fourth-order valence-corrected chi connectivity index (χ4v) is 1.73. The number of rotatable bonds is 5. The van der Waals surface area contributed by atoms with Gasteiger partial charge in [-0.15, -0.1) is 0 Å². The quantitative estimate of drug-likeness (QED) is 0.356. The number of allylic oxidation sites excluding steroid dienone is 2. The van der Waals surface area contributed by atoms with E-state index in [2.05, 4.69) is 0 Å². The van der Waals surface area contributed by atoms with Crippen LogP contribution in [0.15, 0.2) is 53.8 Å². The van der Waals surface area contributed by atoms with Crippen LogP contribution in [0, 0.1) is 0 Å². The molecule has 20 heavy (non-hydrogen) atoms. The third-order valence-corrected chi connectivity index (χ3v) is 2.78. The van der Waals surface area contributed by atoms with Gasteiger partial charge in [0, 0.05) is 5.02 Å². The Morgan fingerprint density at radius 2 is 2.05 bits per heavy atom. The Kier molecular flexibility index (Phi) is 6.60. The van der Waals surface area contributed by atoms with Gasteiger partial charge < -0.3 is 9.47 Å². The molecule has 0 aliphatic heterocycles. The summed E-state index contributed by atoms with van der Waals surface area (Å²) in [4.78, 5) is 11.6. The lowest BCUT2D eigenvalue weighted by atomic mass is 10.1. The first kappa shape index (κ1) is 16.1. The normalized spacial score (nSPS) is 12.6. The number of halogens is 1. The molecular formula is C16H17ClO3. The van der Waals surface area contributed by atoms with Crippen LogP contribution in [0.5, 0.6) is 0 Å². The SMILES string of the molecule is COC=C(C(=O)OC)C(C)=CC=Cc1cccc(Cl)c1. The van der Waals surface area contributed by atoms with Crippen LogP contribution >= 0.6 is 11.6 Å². The Morgan fingerprint density at radius 3 is 2.65 bits per heavy atom. The van der Waals surface area contributed by atoms with Gasteiger partial charge in [-0.3, -0.25) is 0 Å². The van der Waals surface area contributed by atoms with Crippen LogP contribution in [-0.4, -0.2) is 20.2 Å². The predicted octanol–water partition coefficient (Wildman–Crippen LogP) is 4.00. The summed E-state index contributed by atoms with van der Waals surface area (Å²) < 4.78 is 9.58. The summed E-state index contributed by atoms with van der Waals surface area (Å²) in [6.07, 6.45) is 6.91. The second kappa shape index (κ2) is 8.23. The number of carbonyl (C=O) groups excluding carboxylic acids is 1. The van der Waals surface area contributed by atoms with E-state index in [4.69, 9.17) is 21.1 Å². The van der Waals surface area contributed by atoms with Crippen molar-refractivity contribution in [1.82, 2.24) is 0 Å². The number of carbonyl (C=O) groups is 1. The van der Waals surface area contributed by atoms with Crippen molar-refractivity contribution in [2.24, 2.45) is 0 Å². The smallest absolute Gasteiger partial charge is 0.341 e. The van der Waals surface area contributed by atoms with Crippen molar-refractivity contribution in [2.75, 3.05) is 14.2 Å². The molecule has 4 heteroatoms. The molecule has 0 N–H and O–H groups in total. The van der Waals surface area contributed by atoms with Crippen molar-refractivity contribution in [3.05, 3.63) is 64.4 Å². The third kappa shape index (κ3) is 4.94. The van der Waals surface area contributed by atoms with Crippen LogP contribution < -0.4 is 0 Å². The highest BCUT2D eigenvalue weighted by Crippen LogP contribution is 2.14. The Labute approximate surface area is 124 Å². The van der Waals surface area contributed by atoms with Crippen molar-refractivity contribution in [2.45, 2.75) is 6.92 Å². The minimum atomic E-state index is -0.434. The largest absolute Gasteiger partial charge is 0.503 e. The fraction of sp³-hybridized carbons (Fsp3) is 0.188. The first-order valence-electron chi connectivity index (χ1n) is 6.00. The molecule has 0 aromatic heterocycles. The highest BCUT2D eigenvalue weighted by Gasteiger charge is 2.11. The zero-order valence-corrected chi connectivity index (χ0v) is 12.5. The molecule has 0 radical (unpaired) electrons. The summed E-state index contributed by atoms with van der Waals surface area (Å²) in [5.74, 6) is -0.434. The maximum atomic E-state index is 11.6. The van der Waals surface area contributed by atoms with E-state index < -0.39 is 5.97 Å². The molecular weight excluding hydrogens is 276 g/mol. The number of benzene rings is 1. The van der Waals surface area contributed by atoms with Crippen molar-refractivity contribution >= 4 is 23.6 Å². The maximum Gasteiger partial charge on any atom is 0.341 e. The Morgan fingerprint density at radius 1 is 1.30 bits per heavy atom. The van der Waals surface area contributed by atoms with E-state index in [1.807, 2.05) is 49.4 Å². The fourth-order valence-electron chi connectivity index (χ4n) is 1.53. The molecule has 106 valence electrons. The Balaban J connectivity index is 2.87. The molecule has 0 saturated carbocycles. The number of esters is 1. The zero-order valence-electron chi connectivity index (χ0n) is 11.7. The topological polar surface area (TPSA) is 35.5 Å². The molecule has 0 amide bonds. The van der Waals surface area contributed by atoms with E-state index in [9.17, 15) is 4.79 Å². The van der Waals surface area contributed by atoms with E-state index in [0.29, 0.717) is 10.6 Å². The molecule has 0 atom stereocenters. The summed E-state index contributed by atoms with van der Waals surface area (Å²) in [7, 11) is 2.82. The highest BCUT2D eigenvalue weighted by atomic mass is 35.5. The van der Waals surface area contributed by atoms with E-state index in [1.54, 1.807) is 0 Å². The molecule has 0 aliphatic rings. The molecule has 3 nitrogen and oxygen atoms in total. The monoisotopic (exact) mass is 292 g/mol. The lowest BCUT2D eigenvalue weighted by molar-refractivity contribution is -0.135. The molecule has 1 aromatic carbocycles. The summed E-state index contributed by atoms with van der Waals surface area (Å²) in [6.45, 7) is 1.81. The molecule has 0 spiro atoms. The number of methoxy groups -OCH3 is 2. The van der Waals surface area contributed by atoms with E-state index >= 15 is 0 Å². The number of hydrogen-bond donors (Lipinski definition) is 0. The standard InChI is InChI=1S/C16H17ClO3/c1-12(15(11-19-2)16(18)20-3)6-4-7-13-8-5-9-14(17)10-13/h4-11H,1-3H3. The van der Waals surface area contributed by atoms with Gasteiger partial charge in [0.2, 0.25) is 0 Å². The molecule has 0 heterocycles. The minimum absolute atomic E-state index is 0.380. The Hall–Kier alpha value is -2.00. The first-order chi connectivity index (χ1) is 9.58. The maximum absolute atomic E-state index is 11.6. The lowest BCUT2D eigenvalue weighted by Gasteiger charge is -2.04. The molecule has 0 bridgehead atoms. The molecule has 0 saturated heterocycles. The van der Waals surface area contributed by atoms with Crippen LogP contribution in [-0.2, 0) is 14.3 Å². The van der Waals surface area contributed by atoms with Crippen molar-refractivity contribution < 1.29 is 14.3 Å². The molecule has 0 aliphatic carbocycles. The number of hydrogen-bond acceptors (Lipinski definition) is 3. The second-order valence-electron chi connectivity index (χ2n) is 4.02. The highest BCUT2D eigenvalue weighted by molar-refractivity contribution is 6.30. The molecule has 1 rings (SSSR count). The van der Waals surface area contributed by atoms with Gasteiger partial charge >= 0.3 is 5.97 Å². The van der Waals surface area contributed by atoms with E-state index in [-0.39, 0.29) is 0 Å². The van der Waals surface area contributed by atoms with Crippen molar-refractivity contribution in [1.29, 1.82) is 0 Å². The van der Waals surface area contributed by atoms with E-state index in [1.165, 1.54) is 20.5 Å². The van der Waals surface area contributed by atoms with Gasteiger partial charge in [0.25, 0.3) is 0 Å². The summed E-state index contributed by atoms with van der Waals surface area (Å²) in [6, 6.07) is 7.49. The number of ether oxygens (including phenoxy) is 2. The van der Waals surface area contributed by atoms with Crippen LogP contribution in [0.4, 0.5) is 0 Å². The minimum Gasteiger partial charge on any atom is -0.503 e. The second-order valence-corrected chi connectivity index (χ2v) is 4.46. The van der Waals surface area contributed by atoms with Crippen molar-refractivity contribution in [3.63, 3.8) is 0 Å². The summed E-state index contributed by atoms with van der Waals surface area (Å²) >= 11 is 5.90. The molecule has 1 aromatic rings. The molecule has 0 unspecified atom stereocenters. The average Bonchev–Trinajstić information content (AvgIpc) is 2.44. The van der Waals surface area contributed by atoms with Gasteiger partial charge in [-0.1, -0.05) is 42.0 Å². The van der Waals surface area contributed by atoms with Crippen LogP contribution in [0.2, 0.25) is 5.02 Å². The third-order valence-electron chi connectivity index (χ3n) is 2.55. The average molecular weight is 293 g/mol. The summed E-state index contributed by atoms with van der Waals surface area (Å²) in [5.41, 5.74) is 2.11. The van der Waals surface area contributed by atoms with Gasteiger partial charge in [-0.05, 0) is 30.2 Å². The van der Waals surface area contributed by atoms with Gasteiger partial charge in [0.1, 0.15) is 0 Å². The zero-order chi connectivity index (χ0) is 15.0. The van der Waals surface area contributed by atoms with Gasteiger partial charge in [-0.25, -0.2) is 4.79 Å².